The third kappa shape index (κ3) is 2.98. The SMILES string of the molecule is CC1CCCCC1N(C)C(CN)c1cscc1Br. The number of rotatable bonds is 4. The summed E-state index contributed by atoms with van der Waals surface area (Å²) in [7, 11) is 2.24. The summed E-state index contributed by atoms with van der Waals surface area (Å²) in [5.74, 6) is 0.787. The lowest BCUT2D eigenvalue weighted by Crippen LogP contribution is -2.43. The molecule has 1 aromatic rings. The van der Waals surface area contributed by atoms with E-state index < -0.39 is 0 Å². The Morgan fingerprint density at radius 1 is 1.44 bits per heavy atom. The Hall–Kier alpha value is 0.100. The van der Waals surface area contributed by atoms with Crippen LogP contribution in [-0.2, 0) is 0 Å². The van der Waals surface area contributed by atoms with Crippen molar-refractivity contribution < 1.29 is 0 Å². The predicted octanol–water partition coefficient (Wildman–Crippen LogP) is 4.02. The van der Waals surface area contributed by atoms with E-state index in [2.05, 4.69) is 45.6 Å². The molecule has 2 rings (SSSR count). The Balaban J connectivity index is 2.14. The Bertz CT molecular complexity index is 380. The van der Waals surface area contributed by atoms with Crippen LogP contribution in [0.2, 0.25) is 0 Å². The van der Waals surface area contributed by atoms with Crippen LogP contribution in [0, 0.1) is 5.92 Å². The molecule has 0 aliphatic heterocycles. The molecular weight excluding hydrogens is 308 g/mol. The molecule has 18 heavy (non-hydrogen) atoms. The average molecular weight is 331 g/mol. The maximum Gasteiger partial charge on any atom is 0.0489 e. The van der Waals surface area contributed by atoms with Gasteiger partial charge in [0.25, 0.3) is 0 Å². The van der Waals surface area contributed by atoms with Crippen LogP contribution in [0.5, 0.6) is 0 Å². The normalized spacial score (nSPS) is 26.5. The summed E-state index contributed by atoms with van der Waals surface area (Å²) >= 11 is 5.39. The molecule has 2 nitrogen and oxygen atoms in total. The molecule has 0 bridgehead atoms. The standard InChI is InChI=1S/C14H23BrN2S/c1-10-5-3-4-6-13(10)17(2)14(7-16)11-8-18-9-12(11)15/h8-10,13-14H,3-7,16H2,1-2H3. The van der Waals surface area contributed by atoms with E-state index in [9.17, 15) is 0 Å². The van der Waals surface area contributed by atoms with Crippen LogP contribution in [0.1, 0.15) is 44.2 Å². The third-order valence-corrected chi connectivity index (χ3v) is 6.06. The predicted molar refractivity (Wildman–Crippen MR) is 83.0 cm³/mol. The molecular formula is C14H23BrN2S. The van der Waals surface area contributed by atoms with Crippen LogP contribution < -0.4 is 5.73 Å². The van der Waals surface area contributed by atoms with Gasteiger partial charge in [0.15, 0.2) is 0 Å². The molecule has 2 N–H and O–H groups in total. The van der Waals surface area contributed by atoms with Gasteiger partial charge in [0, 0.05) is 28.5 Å². The number of likely N-dealkylation sites (N-methyl/N-ethyl adjacent to an activating group) is 1. The van der Waals surface area contributed by atoms with Crippen LogP contribution in [-0.4, -0.2) is 24.5 Å². The van der Waals surface area contributed by atoms with E-state index in [1.54, 1.807) is 11.3 Å². The minimum Gasteiger partial charge on any atom is -0.329 e. The minimum absolute atomic E-state index is 0.344. The van der Waals surface area contributed by atoms with Gasteiger partial charge in [-0.3, -0.25) is 4.90 Å². The molecule has 1 fully saturated rings. The smallest absolute Gasteiger partial charge is 0.0489 e. The van der Waals surface area contributed by atoms with Gasteiger partial charge in [-0.15, -0.1) is 0 Å². The van der Waals surface area contributed by atoms with E-state index >= 15 is 0 Å². The van der Waals surface area contributed by atoms with Gasteiger partial charge in [0.1, 0.15) is 0 Å². The fourth-order valence-corrected chi connectivity index (χ4v) is 4.78. The molecule has 1 heterocycles. The molecule has 1 aliphatic rings. The maximum atomic E-state index is 6.03. The molecule has 1 saturated carbocycles. The van der Waals surface area contributed by atoms with E-state index in [-0.39, 0.29) is 0 Å². The number of nitrogens with zero attached hydrogens (tertiary/aromatic N) is 1. The van der Waals surface area contributed by atoms with Crippen LogP contribution >= 0.6 is 27.3 Å². The van der Waals surface area contributed by atoms with Crippen LogP contribution in [0.15, 0.2) is 15.2 Å². The summed E-state index contributed by atoms with van der Waals surface area (Å²) in [6.07, 6.45) is 5.43. The van der Waals surface area contributed by atoms with Crippen molar-refractivity contribution >= 4 is 27.3 Å². The third-order valence-electron chi connectivity index (χ3n) is 4.31. The molecule has 0 amide bonds. The van der Waals surface area contributed by atoms with Crippen molar-refractivity contribution in [3.63, 3.8) is 0 Å². The second kappa shape index (κ2) is 6.51. The lowest BCUT2D eigenvalue weighted by molar-refractivity contribution is 0.0991. The lowest BCUT2D eigenvalue weighted by atomic mass is 9.84. The first kappa shape index (κ1) is 14.5. The number of hydrogen-bond donors (Lipinski definition) is 1. The fraction of sp³-hybridized carbons (Fsp3) is 0.714. The van der Waals surface area contributed by atoms with Gasteiger partial charge in [0.05, 0.1) is 0 Å². The summed E-state index contributed by atoms with van der Waals surface area (Å²) in [6, 6.07) is 1.02. The maximum absolute atomic E-state index is 6.03. The van der Waals surface area contributed by atoms with E-state index in [1.165, 1.54) is 35.7 Å². The Kier molecular flexibility index (Phi) is 5.24. The van der Waals surface area contributed by atoms with Gasteiger partial charge in [-0.05, 0) is 52.7 Å². The van der Waals surface area contributed by atoms with E-state index in [0.717, 1.165) is 5.92 Å². The van der Waals surface area contributed by atoms with Gasteiger partial charge in [-0.25, -0.2) is 0 Å². The molecule has 4 heteroatoms. The van der Waals surface area contributed by atoms with Gasteiger partial charge >= 0.3 is 0 Å². The molecule has 0 radical (unpaired) electrons. The highest BCUT2D eigenvalue weighted by atomic mass is 79.9. The first-order valence-corrected chi connectivity index (χ1v) is 8.52. The van der Waals surface area contributed by atoms with Gasteiger partial charge in [-0.1, -0.05) is 19.8 Å². The van der Waals surface area contributed by atoms with Crippen LogP contribution in [0.3, 0.4) is 0 Å². The van der Waals surface area contributed by atoms with E-state index in [4.69, 9.17) is 5.73 Å². The first-order chi connectivity index (χ1) is 8.65. The van der Waals surface area contributed by atoms with Gasteiger partial charge in [-0.2, -0.15) is 11.3 Å². The zero-order valence-corrected chi connectivity index (χ0v) is 13.6. The quantitative estimate of drug-likeness (QED) is 0.903. The summed E-state index contributed by atoms with van der Waals surface area (Å²) in [6.45, 7) is 3.08. The summed E-state index contributed by atoms with van der Waals surface area (Å²) in [5.41, 5.74) is 7.38. The van der Waals surface area contributed by atoms with Crippen LogP contribution in [0.25, 0.3) is 0 Å². The zero-order chi connectivity index (χ0) is 13.1. The Morgan fingerprint density at radius 2 is 2.17 bits per heavy atom. The topological polar surface area (TPSA) is 29.3 Å². The molecule has 0 aromatic carbocycles. The van der Waals surface area contributed by atoms with Crippen molar-refractivity contribution in [2.45, 2.75) is 44.7 Å². The van der Waals surface area contributed by atoms with Gasteiger partial charge < -0.3 is 5.73 Å². The van der Waals surface area contributed by atoms with Gasteiger partial charge in [0.2, 0.25) is 0 Å². The largest absolute Gasteiger partial charge is 0.329 e. The molecule has 102 valence electrons. The summed E-state index contributed by atoms with van der Waals surface area (Å²) in [4.78, 5) is 2.51. The highest BCUT2D eigenvalue weighted by Crippen LogP contribution is 2.35. The summed E-state index contributed by atoms with van der Waals surface area (Å²) < 4.78 is 1.21. The lowest BCUT2D eigenvalue weighted by Gasteiger charge is -2.40. The number of hydrogen-bond acceptors (Lipinski definition) is 3. The number of thiophene rings is 1. The molecule has 0 saturated heterocycles. The second-order valence-corrected chi connectivity index (χ2v) is 7.02. The number of halogens is 1. The van der Waals surface area contributed by atoms with Crippen molar-refractivity contribution in [2.75, 3.05) is 13.6 Å². The Labute approximate surface area is 123 Å². The minimum atomic E-state index is 0.344. The molecule has 3 unspecified atom stereocenters. The fourth-order valence-electron chi connectivity index (χ4n) is 3.17. The highest BCUT2D eigenvalue weighted by Gasteiger charge is 2.30. The molecule has 1 aliphatic carbocycles. The van der Waals surface area contributed by atoms with Crippen molar-refractivity contribution in [3.05, 3.63) is 20.8 Å². The number of nitrogens with two attached hydrogens (primary N) is 1. The average Bonchev–Trinajstić information content (AvgIpc) is 2.77. The monoisotopic (exact) mass is 330 g/mol. The second-order valence-electron chi connectivity index (χ2n) is 5.42. The van der Waals surface area contributed by atoms with Crippen molar-refractivity contribution in [1.82, 2.24) is 4.90 Å². The zero-order valence-electron chi connectivity index (χ0n) is 11.2. The van der Waals surface area contributed by atoms with Crippen molar-refractivity contribution in [1.29, 1.82) is 0 Å². The van der Waals surface area contributed by atoms with E-state index in [1.807, 2.05) is 0 Å². The van der Waals surface area contributed by atoms with Crippen molar-refractivity contribution in [2.24, 2.45) is 11.7 Å². The molecule has 1 aromatic heterocycles. The summed E-state index contributed by atoms with van der Waals surface area (Å²) in [5, 5.41) is 4.38. The van der Waals surface area contributed by atoms with Crippen molar-refractivity contribution in [3.8, 4) is 0 Å². The molecule has 0 spiro atoms. The molecule has 3 atom stereocenters. The Morgan fingerprint density at radius 3 is 2.72 bits per heavy atom. The first-order valence-electron chi connectivity index (χ1n) is 6.78. The highest BCUT2D eigenvalue weighted by molar-refractivity contribution is 9.10. The van der Waals surface area contributed by atoms with Crippen LogP contribution in [0.4, 0.5) is 0 Å². The van der Waals surface area contributed by atoms with E-state index in [0.29, 0.717) is 18.6 Å².